The largest absolute Gasteiger partial charge is 0.350 e. The first-order valence-corrected chi connectivity index (χ1v) is 10.2. The maximum atomic E-state index is 13.0. The summed E-state index contributed by atoms with van der Waals surface area (Å²) < 4.78 is 3.41. The van der Waals surface area contributed by atoms with Crippen molar-refractivity contribution < 1.29 is 4.79 Å². The highest BCUT2D eigenvalue weighted by atomic mass is 16.2. The first-order valence-electron chi connectivity index (χ1n) is 10.2. The summed E-state index contributed by atoms with van der Waals surface area (Å²) in [4.78, 5) is 25.5. The number of aromatic nitrogens is 2. The highest BCUT2D eigenvalue weighted by Crippen LogP contribution is 2.14. The molecule has 0 aliphatic rings. The van der Waals surface area contributed by atoms with Gasteiger partial charge in [-0.25, -0.2) is 0 Å². The fraction of sp³-hybridized carbons (Fsp3) is 0.200. The van der Waals surface area contributed by atoms with Crippen molar-refractivity contribution in [3.05, 3.63) is 106 Å². The van der Waals surface area contributed by atoms with E-state index in [1.165, 1.54) is 10.1 Å². The summed E-state index contributed by atoms with van der Waals surface area (Å²) in [5, 5.41) is 3.78. The van der Waals surface area contributed by atoms with E-state index in [2.05, 4.69) is 24.4 Å². The molecule has 0 radical (unpaired) electrons. The molecule has 1 amide bonds. The van der Waals surface area contributed by atoms with E-state index >= 15 is 0 Å². The molecule has 1 N–H and O–H groups in total. The SMILES string of the molecule is CCc1ccc(CNC(=O)Cn2ccc3ccn(Cc4ccccc4)c3c2=O)cc1. The predicted molar refractivity (Wildman–Crippen MR) is 119 cm³/mol. The maximum Gasteiger partial charge on any atom is 0.275 e. The second-order valence-corrected chi connectivity index (χ2v) is 7.43. The van der Waals surface area contributed by atoms with Crippen LogP contribution in [-0.2, 0) is 30.8 Å². The number of pyridine rings is 1. The Balaban J connectivity index is 1.48. The Morgan fingerprint density at radius 3 is 2.20 bits per heavy atom. The van der Waals surface area contributed by atoms with Gasteiger partial charge in [-0.05, 0) is 35.2 Å². The third-order valence-electron chi connectivity index (χ3n) is 5.32. The zero-order valence-electron chi connectivity index (χ0n) is 17.0. The number of nitrogens with one attached hydrogen (secondary N) is 1. The third-order valence-corrected chi connectivity index (χ3v) is 5.32. The standard InChI is InChI=1S/C25H25N3O2/c1-2-19-8-10-20(11-9-19)16-26-23(29)18-28-15-13-22-12-14-27(24(22)25(28)30)17-21-6-4-3-5-7-21/h3-15H,2,16-18H2,1H3,(H,26,29). The summed E-state index contributed by atoms with van der Waals surface area (Å²) in [7, 11) is 0. The van der Waals surface area contributed by atoms with Gasteiger partial charge in [-0.3, -0.25) is 9.59 Å². The van der Waals surface area contributed by atoms with Crippen molar-refractivity contribution >= 4 is 16.8 Å². The van der Waals surface area contributed by atoms with Crippen molar-refractivity contribution in [3.8, 4) is 0 Å². The fourth-order valence-corrected chi connectivity index (χ4v) is 3.58. The highest BCUT2D eigenvalue weighted by Gasteiger charge is 2.11. The quantitative estimate of drug-likeness (QED) is 0.515. The lowest BCUT2D eigenvalue weighted by atomic mass is 10.1. The van der Waals surface area contributed by atoms with Crippen LogP contribution in [0.5, 0.6) is 0 Å². The second kappa shape index (κ2) is 8.82. The number of hydrogen-bond donors (Lipinski definition) is 1. The summed E-state index contributed by atoms with van der Waals surface area (Å²) in [5.74, 6) is -0.183. The Hall–Kier alpha value is -3.60. The van der Waals surface area contributed by atoms with E-state index in [1.807, 2.05) is 65.4 Å². The van der Waals surface area contributed by atoms with Crippen LogP contribution in [0.15, 0.2) is 83.9 Å². The van der Waals surface area contributed by atoms with Crippen LogP contribution in [0.25, 0.3) is 10.9 Å². The van der Waals surface area contributed by atoms with Crippen LogP contribution >= 0.6 is 0 Å². The van der Waals surface area contributed by atoms with Crippen LogP contribution in [-0.4, -0.2) is 15.0 Å². The van der Waals surface area contributed by atoms with E-state index in [0.29, 0.717) is 18.6 Å². The van der Waals surface area contributed by atoms with E-state index in [4.69, 9.17) is 0 Å². The first kappa shape index (κ1) is 19.7. The average Bonchev–Trinajstić information content (AvgIpc) is 3.18. The number of fused-ring (bicyclic) bond motifs is 1. The lowest BCUT2D eigenvalue weighted by Crippen LogP contribution is -2.32. The van der Waals surface area contributed by atoms with Gasteiger partial charge in [0.2, 0.25) is 5.91 Å². The Kier molecular flexibility index (Phi) is 5.80. The van der Waals surface area contributed by atoms with E-state index in [-0.39, 0.29) is 18.0 Å². The molecule has 5 nitrogen and oxygen atoms in total. The van der Waals surface area contributed by atoms with Gasteiger partial charge in [0, 0.05) is 30.9 Å². The van der Waals surface area contributed by atoms with Gasteiger partial charge >= 0.3 is 0 Å². The smallest absolute Gasteiger partial charge is 0.275 e. The van der Waals surface area contributed by atoms with Crippen LogP contribution in [0.2, 0.25) is 0 Å². The lowest BCUT2D eigenvalue weighted by Gasteiger charge is -2.10. The van der Waals surface area contributed by atoms with E-state index in [9.17, 15) is 9.59 Å². The number of hydrogen-bond acceptors (Lipinski definition) is 2. The lowest BCUT2D eigenvalue weighted by molar-refractivity contribution is -0.121. The number of carbonyl (C=O) groups is 1. The molecule has 0 atom stereocenters. The Bertz CT molecular complexity index is 1200. The van der Waals surface area contributed by atoms with Gasteiger partial charge in [0.1, 0.15) is 12.1 Å². The van der Waals surface area contributed by atoms with Crippen molar-refractivity contribution in [3.63, 3.8) is 0 Å². The van der Waals surface area contributed by atoms with Crippen molar-refractivity contribution in [2.45, 2.75) is 33.0 Å². The van der Waals surface area contributed by atoms with Crippen molar-refractivity contribution in [1.29, 1.82) is 0 Å². The maximum absolute atomic E-state index is 13.0. The molecule has 5 heteroatoms. The summed E-state index contributed by atoms with van der Waals surface area (Å²) in [5.41, 5.74) is 3.89. The van der Waals surface area contributed by atoms with E-state index < -0.39 is 0 Å². The molecule has 4 aromatic rings. The minimum atomic E-state index is -0.183. The fourth-order valence-electron chi connectivity index (χ4n) is 3.58. The Morgan fingerprint density at radius 2 is 1.50 bits per heavy atom. The molecule has 30 heavy (non-hydrogen) atoms. The van der Waals surface area contributed by atoms with E-state index in [1.54, 1.807) is 6.20 Å². The van der Waals surface area contributed by atoms with Gasteiger partial charge in [0.25, 0.3) is 5.56 Å². The minimum Gasteiger partial charge on any atom is -0.350 e. The molecule has 0 aliphatic carbocycles. The van der Waals surface area contributed by atoms with Crippen molar-refractivity contribution in [2.24, 2.45) is 0 Å². The van der Waals surface area contributed by atoms with Crippen LogP contribution in [0.4, 0.5) is 0 Å². The summed E-state index contributed by atoms with van der Waals surface area (Å²) >= 11 is 0. The Labute approximate surface area is 175 Å². The third kappa shape index (κ3) is 4.35. The molecular formula is C25H25N3O2. The second-order valence-electron chi connectivity index (χ2n) is 7.43. The number of carbonyl (C=O) groups excluding carboxylic acids is 1. The van der Waals surface area contributed by atoms with Crippen molar-refractivity contribution in [1.82, 2.24) is 14.5 Å². The van der Waals surface area contributed by atoms with Crippen LogP contribution in [0.1, 0.15) is 23.6 Å². The van der Waals surface area contributed by atoms with Crippen LogP contribution in [0, 0.1) is 0 Å². The average molecular weight is 399 g/mol. The minimum absolute atomic E-state index is 0.00165. The topological polar surface area (TPSA) is 56.0 Å². The highest BCUT2D eigenvalue weighted by molar-refractivity contribution is 5.80. The molecule has 2 aromatic heterocycles. The van der Waals surface area contributed by atoms with Crippen LogP contribution in [0.3, 0.4) is 0 Å². The first-order chi connectivity index (χ1) is 14.6. The molecule has 4 rings (SSSR count). The molecule has 2 aromatic carbocycles. The summed E-state index contributed by atoms with van der Waals surface area (Å²) in [6.45, 7) is 3.17. The molecular weight excluding hydrogens is 374 g/mol. The molecule has 0 aliphatic heterocycles. The molecule has 0 saturated heterocycles. The normalized spacial score (nSPS) is 11.0. The van der Waals surface area contributed by atoms with Crippen LogP contribution < -0.4 is 10.9 Å². The zero-order chi connectivity index (χ0) is 20.9. The van der Waals surface area contributed by atoms with Gasteiger partial charge in [-0.2, -0.15) is 0 Å². The molecule has 0 spiro atoms. The van der Waals surface area contributed by atoms with Gasteiger partial charge in [-0.1, -0.05) is 61.5 Å². The van der Waals surface area contributed by atoms with Gasteiger partial charge < -0.3 is 14.5 Å². The molecule has 2 heterocycles. The number of rotatable bonds is 7. The molecule has 0 fully saturated rings. The van der Waals surface area contributed by atoms with Gasteiger partial charge in [0.15, 0.2) is 0 Å². The summed E-state index contributed by atoms with van der Waals surface area (Å²) in [6.07, 6.45) is 4.60. The Morgan fingerprint density at radius 1 is 0.833 bits per heavy atom. The number of benzene rings is 2. The van der Waals surface area contributed by atoms with Gasteiger partial charge in [0.05, 0.1) is 0 Å². The van der Waals surface area contributed by atoms with Crippen molar-refractivity contribution in [2.75, 3.05) is 0 Å². The molecule has 0 unspecified atom stereocenters. The number of aryl methyl sites for hydroxylation is 1. The van der Waals surface area contributed by atoms with Gasteiger partial charge in [-0.15, -0.1) is 0 Å². The number of amides is 1. The zero-order valence-corrected chi connectivity index (χ0v) is 17.0. The predicted octanol–water partition coefficient (Wildman–Crippen LogP) is 3.73. The molecule has 0 saturated carbocycles. The molecule has 152 valence electrons. The summed E-state index contributed by atoms with van der Waals surface area (Å²) in [6, 6.07) is 22.0. The number of nitrogens with zero attached hydrogens (tertiary/aromatic N) is 2. The van der Waals surface area contributed by atoms with E-state index in [0.717, 1.165) is 22.9 Å². The monoisotopic (exact) mass is 399 g/mol. The molecule has 0 bridgehead atoms.